The molecule has 0 fully saturated rings. The number of pyridine rings is 1. The molecule has 3 aromatic rings. The highest BCUT2D eigenvalue weighted by Gasteiger charge is 2.15. The van der Waals surface area contributed by atoms with Gasteiger partial charge in [0.1, 0.15) is 0 Å². The number of aliphatic hydroxyl groups is 1. The number of halogens is 2. The van der Waals surface area contributed by atoms with Crippen LogP contribution in [0.2, 0.25) is 5.02 Å². The summed E-state index contributed by atoms with van der Waals surface area (Å²) in [4.78, 5) is 4.37. The van der Waals surface area contributed by atoms with Crippen molar-refractivity contribution in [1.82, 2.24) is 4.98 Å². The van der Waals surface area contributed by atoms with Crippen molar-refractivity contribution in [3.8, 4) is 0 Å². The summed E-state index contributed by atoms with van der Waals surface area (Å²) in [6.07, 6.45) is 1.61. The summed E-state index contributed by atoms with van der Waals surface area (Å²) in [5.41, 5.74) is 2.61. The number of hydrogen-bond donors (Lipinski definition) is 1. The van der Waals surface area contributed by atoms with Crippen LogP contribution >= 0.6 is 27.5 Å². The lowest BCUT2D eigenvalue weighted by atomic mass is 9.99. The summed E-state index contributed by atoms with van der Waals surface area (Å²) in [6.45, 7) is 0. The fourth-order valence-electron chi connectivity index (χ4n) is 2.41. The lowest BCUT2D eigenvalue weighted by molar-refractivity contribution is 0.179. The molecule has 106 valence electrons. The zero-order chi connectivity index (χ0) is 14.8. The van der Waals surface area contributed by atoms with Gasteiger partial charge in [-0.05, 0) is 29.8 Å². The van der Waals surface area contributed by atoms with Crippen molar-refractivity contribution in [2.24, 2.45) is 0 Å². The van der Waals surface area contributed by atoms with Gasteiger partial charge in [0.05, 0.1) is 11.6 Å². The zero-order valence-corrected chi connectivity index (χ0v) is 13.5. The lowest BCUT2D eigenvalue weighted by Gasteiger charge is -2.14. The van der Waals surface area contributed by atoms with Gasteiger partial charge in [-0.25, -0.2) is 0 Å². The van der Waals surface area contributed by atoms with Crippen LogP contribution in [-0.2, 0) is 6.42 Å². The molecule has 0 aliphatic heterocycles. The van der Waals surface area contributed by atoms with Gasteiger partial charge in [-0.15, -0.1) is 0 Å². The lowest BCUT2D eigenvalue weighted by Crippen LogP contribution is -2.04. The fraction of sp³-hybridized carbons (Fsp3) is 0.118. The van der Waals surface area contributed by atoms with Crippen LogP contribution in [0, 0.1) is 0 Å². The van der Waals surface area contributed by atoms with E-state index >= 15 is 0 Å². The second-order valence-electron chi connectivity index (χ2n) is 4.85. The Kier molecular flexibility index (Phi) is 4.24. The van der Waals surface area contributed by atoms with Crippen LogP contribution in [0.15, 0.2) is 59.2 Å². The maximum atomic E-state index is 10.6. The molecule has 2 nitrogen and oxygen atoms in total. The first-order chi connectivity index (χ1) is 10.2. The van der Waals surface area contributed by atoms with Crippen LogP contribution in [0.4, 0.5) is 0 Å². The largest absolute Gasteiger partial charge is 0.388 e. The van der Waals surface area contributed by atoms with Crippen molar-refractivity contribution in [3.05, 3.63) is 75.4 Å². The quantitative estimate of drug-likeness (QED) is 0.717. The zero-order valence-electron chi connectivity index (χ0n) is 11.1. The Morgan fingerprint density at radius 3 is 2.71 bits per heavy atom. The van der Waals surface area contributed by atoms with E-state index in [4.69, 9.17) is 11.6 Å². The molecular formula is C17H13BrClNO. The minimum atomic E-state index is -0.627. The van der Waals surface area contributed by atoms with Crippen molar-refractivity contribution in [1.29, 1.82) is 0 Å². The predicted molar refractivity (Wildman–Crippen MR) is 89.6 cm³/mol. The van der Waals surface area contributed by atoms with E-state index in [1.807, 2.05) is 48.5 Å². The van der Waals surface area contributed by atoms with Crippen molar-refractivity contribution in [2.45, 2.75) is 12.5 Å². The van der Waals surface area contributed by atoms with Crippen LogP contribution in [-0.4, -0.2) is 10.1 Å². The molecule has 0 radical (unpaired) electrons. The molecule has 0 saturated heterocycles. The van der Waals surface area contributed by atoms with E-state index in [1.54, 1.807) is 6.20 Å². The van der Waals surface area contributed by atoms with Gasteiger partial charge in [0.25, 0.3) is 0 Å². The average molecular weight is 363 g/mol. The SMILES string of the molecule is OC(Cc1ccccc1Br)c1ccc(Cl)c2cccnc12. The van der Waals surface area contributed by atoms with Crippen molar-refractivity contribution < 1.29 is 5.11 Å². The van der Waals surface area contributed by atoms with Gasteiger partial charge in [-0.2, -0.15) is 0 Å². The molecule has 2 aromatic carbocycles. The fourth-order valence-corrected chi connectivity index (χ4v) is 3.07. The number of aliphatic hydroxyl groups excluding tert-OH is 1. The molecule has 3 rings (SSSR count). The van der Waals surface area contributed by atoms with Crippen molar-refractivity contribution >= 4 is 38.4 Å². The molecule has 1 heterocycles. The number of hydrogen-bond acceptors (Lipinski definition) is 2. The van der Waals surface area contributed by atoms with Gasteiger partial charge >= 0.3 is 0 Å². The maximum absolute atomic E-state index is 10.6. The molecule has 1 aromatic heterocycles. The smallest absolute Gasteiger partial charge is 0.0851 e. The molecule has 0 aliphatic rings. The summed E-state index contributed by atoms with van der Waals surface area (Å²) in [6, 6.07) is 15.3. The summed E-state index contributed by atoms with van der Waals surface area (Å²) < 4.78 is 0.996. The molecule has 0 spiro atoms. The van der Waals surface area contributed by atoms with Gasteiger partial charge in [-0.1, -0.05) is 51.8 Å². The van der Waals surface area contributed by atoms with Gasteiger partial charge in [-0.3, -0.25) is 4.98 Å². The molecule has 0 saturated carbocycles. The first-order valence-electron chi connectivity index (χ1n) is 6.61. The van der Waals surface area contributed by atoms with Crippen LogP contribution < -0.4 is 0 Å². The number of benzene rings is 2. The van der Waals surface area contributed by atoms with Gasteiger partial charge in [0, 0.05) is 33.1 Å². The van der Waals surface area contributed by atoms with E-state index in [0.717, 1.165) is 26.5 Å². The Hall–Kier alpha value is -1.42. The highest BCUT2D eigenvalue weighted by Crippen LogP contribution is 2.31. The second kappa shape index (κ2) is 6.14. The highest BCUT2D eigenvalue weighted by molar-refractivity contribution is 9.10. The summed E-state index contributed by atoms with van der Waals surface area (Å²) in [5, 5.41) is 12.1. The van der Waals surface area contributed by atoms with Crippen molar-refractivity contribution in [2.75, 3.05) is 0 Å². The molecule has 4 heteroatoms. The average Bonchev–Trinajstić information content (AvgIpc) is 2.50. The minimum absolute atomic E-state index is 0.523. The normalized spacial score (nSPS) is 12.5. The van der Waals surface area contributed by atoms with Crippen LogP contribution in [0.3, 0.4) is 0 Å². The summed E-state index contributed by atoms with van der Waals surface area (Å²) >= 11 is 9.70. The van der Waals surface area contributed by atoms with Crippen LogP contribution in [0.25, 0.3) is 10.9 Å². The molecule has 1 unspecified atom stereocenters. The highest BCUT2D eigenvalue weighted by atomic mass is 79.9. The molecule has 0 bridgehead atoms. The van der Waals surface area contributed by atoms with Gasteiger partial charge in [0.15, 0.2) is 0 Å². The molecular weight excluding hydrogens is 350 g/mol. The van der Waals surface area contributed by atoms with Gasteiger partial charge < -0.3 is 5.11 Å². The number of nitrogens with zero attached hydrogens (tertiary/aromatic N) is 1. The summed E-state index contributed by atoms with van der Waals surface area (Å²) in [7, 11) is 0. The molecule has 0 amide bonds. The third-order valence-electron chi connectivity index (χ3n) is 3.48. The molecule has 21 heavy (non-hydrogen) atoms. The van der Waals surface area contributed by atoms with E-state index in [0.29, 0.717) is 11.4 Å². The second-order valence-corrected chi connectivity index (χ2v) is 6.11. The Balaban J connectivity index is 2.01. The first-order valence-corrected chi connectivity index (χ1v) is 7.78. The topological polar surface area (TPSA) is 33.1 Å². The van der Waals surface area contributed by atoms with E-state index in [1.165, 1.54) is 0 Å². The van der Waals surface area contributed by atoms with Crippen LogP contribution in [0.1, 0.15) is 17.2 Å². The van der Waals surface area contributed by atoms with E-state index < -0.39 is 6.10 Å². The molecule has 0 aliphatic carbocycles. The number of rotatable bonds is 3. The Morgan fingerprint density at radius 2 is 1.90 bits per heavy atom. The third kappa shape index (κ3) is 2.95. The standard InChI is InChI=1S/C17H13BrClNO/c18-14-6-2-1-4-11(14)10-16(21)13-7-8-15(19)12-5-3-9-20-17(12)13/h1-9,16,21H,10H2. The predicted octanol–water partition coefficient (Wildman–Crippen LogP) is 4.93. The monoisotopic (exact) mass is 361 g/mol. The third-order valence-corrected chi connectivity index (χ3v) is 4.58. The van der Waals surface area contributed by atoms with Gasteiger partial charge in [0.2, 0.25) is 0 Å². The Bertz CT molecular complexity index is 791. The van der Waals surface area contributed by atoms with E-state index in [9.17, 15) is 5.11 Å². The minimum Gasteiger partial charge on any atom is -0.388 e. The molecule has 1 atom stereocenters. The van der Waals surface area contributed by atoms with Crippen molar-refractivity contribution in [3.63, 3.8) is 0 Å². The van der Waals surface area contributed by atoms with E-state index in [2.05, 4.69) is 20.9 Å². The van der Waals surface area contributed by atoms with Crippen LogP contribution in [0.5, 0.6) is 0 Å². The number of aromatic nitrogens is 1. The number of fused-ring (bicyclic) bond motifs is 1. The summed E-state index contributed by atoms with van der Waals surface area (Å²) in [5.74, 6) is 0. The first kappa shape index (κ1) is 14.5. The Labute approximate surface area is 136 Å². The maximum Gasteiger partial charge on any atom is 0.0851 e. The molecule has 1 N–H and O–H groups in total. The van der Waals surface area contributed by atoms with E-state index in [-0.39, 0.29) is 0 Å². The Morgan fingerprint density at radius 1 is 1.10 bits per heavy atom.